The lowest BCUT2D eigenvalue weighted by Gasteiger charge is -2.31. The molecule has 1 saturated heterocycles. The third kappa shape index (κ3) is 3.71. The van der Waals surface area contributed by atoms with Gasteiger partial charge in [-0.3, -0.25) is 4.79 Å². The lowest BCUT2D eigenvalue weighted by atomic mass is 10.1. The van der Waals surface area contributed by atoms with Crippen LogP contribution >= 0.6 is 0 Å². The van der Waals surface area contributed by atoms with E-state index in [4.69, 9.17) is 4.74 Å². The zero-order valence-electron chi connectivity index (χ0n) is 11.4. The summed E-state index contributed by atoms with van der Waals surface area (Å²) in [5.41, 5.74) is 3.74. The van der Waals surface area contributed by atoms with Crippen LogP contribution in [-0.4, -0.2) is 36.8 Å². The van der Waals surface area contributed by atoms with E-state index < -0.39 is 12.1 Å². The van der Waals surface area contributed by atoms with Gasteiger partial charge in [-0.1, -0.05) is 30.3 Å². The molecule has 108 valence electrons. The Morgan fingerprint density at radius 3 is 2.80 bits per heavy atom. The Hall–Kier alpha value is -2.08. The van der Waals surface area contributed by atoms with Gasteiger partial charge in [-0.25, -0.2) is 15.2 Å². The number of hydrazine groups is 1. The highest BCUT2D eigenvalue weighted by Crippen LogP contribution is 2.10. The molecule has 0 spiro atoms. The molecule has 1 fully saturated rings. The Morgan fingerprint density at radius 1 is 1.35 bits per heavy atom. The molecule has 6 nitrogen and oxygen atoms in total. The van der Waals surface area contributed by atoms with Gasteiger partial charge in [0.15, 0.2) is 0 Å². The fourth-order valence-corrected chi connectivity index (χ4v) is 2.02. The lowest BCUT2D eigenvalue weighted by Crippen LogP contribution is -2.55. The molecule has 0 saturated carbocycles. The minimum atomic E-state index is -0.488. The summed E-state index contributed by atoms with van der Waals surface area (Å²) in [6.07, 6.45) is 0.893. The van der Waals surface area contributed by atoms with Crippen molar-refractivity contribution in [1.82, 2.24) is 10.4 Å². The average molecular weight is 278 g/mol. The summed E-state index contributed by atoms with van der Waals surface area (Å²) in [4.78, 5) is 23.4. The summed E-state index contributed by atoms with van der Waals surface area (Å²) < 4.78 is 9.87. The van der Waals surface area contributed by atoms with Crippen molar-refractivity contribution >= 4 is 12.1 Å². The van der Waals surface area contributed by atoms with E-state index in [9.17, 15) is 9.59 Å². The predicted octanol–water partition coefficient (Wildman–Crippen LogP) is 1.47. The standard InChI is InChI=1S/C14H18N2O4/c1-19-13(17)12-8-5-9-16(15-12)14(18)20-10-11-6-3-2-4-7-11/h2-4,6-7,12,15H,5,8-10H2,1H3/t12-/m1/s1. The Morgan fingerprint density at radius 2 is 2.10 bits per heavy atom. The summed E-state index contributed by atoms with van der Waals surface area (Å²) >= 11 is 0. The topological polar surface area (TPSA) is 67.9 Å². The number of hydrogen-bond donors (Lipinski definition) is 1. The van der Waals surface area contributed by atoms with Crippen molar-refractivity contribution in [1.29, 1.82) is 0 Å². The zero-order valence-corrected chi connectivity index (χ0v) is 11.4. The minimum absolute atomic E-state index is 0.209. The molecule has 0 unspecified atom stereocenters. The molecular formula is C14H18N2O4. The highest BCUT2D eigenvalue weighted by atomic mass is 16.6. The van der Waals surface area contributed by atoms with E-state index in [1.807, 2.05) is 30.3 Å². The van der Waals surface area contributed by atoms with E-state index in [1.165, 1.54) is 12.1 Å². The summed E-state index contributed by atoms with van der Waals surface area (Å²) in [5.74, 6) is -0.370. The van der Waals surface area contributed by atoms with E-state index >= 15 is 0 Å². The monoisotopic (exact) mass is 278 g/mol. The van der Waals surface area contributed by atoms with Gasteiger partial charge in [-0.05, 0) is 18.4 Å². The number of nitrogens with zero attached hydrogens (tertiary/aromatic N) is 1. The smallest absolute Gasteiger partial charge is 0.424 e. The molecule has 1 N–H and O–H groups in total. The summed E-state index contributed by atoms with van der Waals surface area (Å²) in [5, 5.41) is 1.33. The molecule has 1 amide bonds. The van der Waals surface area contributed by atoms with Crippen LogP contribution in [0.2, 0.25) is 0 Å². The molecular weight excluding hydrogens is 260 g/mol. The molecule has 1 heterocycles. The number of carbonyl (C=O) groups excluding carboxylic acids is 2. The van der Waals surface area contributed by atoms with Crippen LogP contribution in [0.5, 0.6) is 0 Å². The first-order chi connectivity index (χ1) is 9.70. The molecule has 2 rings (SSSR count). The summed E-state index contributed by atoms with van der Waals surface area (Å²) in [6.45, 7) is 0.724. The van der Waals surface area contributed by atoms with Crippen LogP contribution in [0.25, 0.3) is 0 Å². The zero-order chi connectivity index (χ0) is 14.4. The van der Waals surface area contributed by atoms with E-state index in [0.717, 1.165) is 12.0 Å². The molecule has 1 atom stereocenters. The first kappa shape index (κ1) is 14.3. The van der Waals surface area contributed by atoms with Crippen molar-refractivity contribution in [3.63, 3.8) is 0 Å². The van der Waals surface area contributed by atoms with Gasteiger partial charge in [0.25, 0.3) is 0 Å². The fraction of sp³-hybridized carbons (Fsp3) is 0.429. The molecule has 1 aliphatic rings. The molecule has 1 aliphatic heterocycles. The Bertz CT molecular complexity index is 464. The number of carbonyl (C=O) groups is 2. The van der Waals surface area contributed by atoms with Crippen molar-refractivity contribution in [3.05, 3.63) is 35.9 Å². The number of methoxy groups -OCH3 is 1. The maximum absolute atomic E-state index is 11.9. The van der Waals surface area contributed by atoms with E-state index in [-0.39, 0.29) is 12.6 Å². The van der Waals surface area contributed by atoms with Crippen LogP contribution in [0.4, 0.5) is 4.79 Å². The maximum Gasteiger partial charge on any atom is 0.424 e. The molecule has 0 radical (unpaired) electrons. The largest absolute Gasteiger partial charge is 0.468 e. The minimum Gasteiger partial charge on any atom is -0.468 e. The Balaban J connectivity index is 1.84. The van der Waals surface area contributed by atoms with Gasteiger partial charge < -0.3 is 9.47 Å². The second kappa shape index (κ2) is 6.91. The molecule has 1 aromatic rings. The van der Waals surface area contributed by atoms with Gasteiger partial charge in [-0.2, -0.15) is 0 Å². The van der Waals surface area contributed by atoms with Gasteiger partial charge in [0.05, 0.1) is 7.11 Å². The first-order valence-corrected chi connectivity index (χ1v) is 6.53. The molecule has 6 heteroatoms. The van der Waals surface area contributed by atoms with Gasteiger partial charge in [0.1, 0.15) is 12.6 Å². The summed E-state index contributed by atoms with van der Waals surface area (Å²) in [7, 11) is 1.33. The van der Waals surface area contributed by atoms with Crippen molar-refractivity contribution in [3.8, 4) is 0 Å². The van der Waals surface area contributed by atoms with E-state index in [0.29, 0.717) is 13.0 Å². The predicted molar refractivity (Wildman–Crippen MR) is 71.5 cm³/mol. The molecule has 0 bridgehead atoms. The molecule has 1 aromatic carbocycles. The molecule has 0 aliphatic carbocycles. The Kier molecular flexibility index (Phi) is 4.95. The number of ether oxygens (including phenoxy) is 2. The van der Waals surface area contributed by atoms with Crippen LogP contribution in [0.3, 0.4) is 0 Å². The van der Waals surface area contributed by atoms with Crippen LogP contribution in [-0.2, 0) is 20.9 Å². The van der Waals surface area contributed by atoms with E-state index in [2.05, 4.69) is 10.2 Å². The summed E-state index contributed by atoms with van der Waals surface area (Å²) in [6, 6.07) is 8.95. The highest BCUT2D eigenvalue weighted by Gasteiger charge is 2.29. The third-order valence-corrected chi connectivity index (χ3v) is 3.10. The lowest BCUT2D eigenvalue weighted by molar-refractivity contribution is -0.145. The second-order valence-corrected chi connectivity index (χ2v) is 4.54. The van der Waals surface area contributed by atoms with Crippen LogP contribution in [0.1, 0.15) is 18.4 Å². The van der Waals surface area contributed by atoms with Gasteiger partial charge in [0.2, 0.25) is 0 Å². The van der Waals surface area contributed by atoms with Crippen molar-refractivity contribution in [2.45, 2.75) is 25.5 Å². The number of rotatable bonds is 3. The fourth-order valence-electron chi connectivity index (χ4n) is 2.02. The van der Waals surface area contributed by atoms with Gasteiger partial charge in [0, 0.05) is 6.54 Å². The van der Waals surface area contributed by atoms with Crippen LogP contribution in [0.15, 0.2) is 30.3 Å². The number of esters is 1. The van der Waals surface area contributed by atoms with Crippen molar-refractivity contribution in [2.75, 3.05) is 13.7 Å². The van der Waals surface area contributed by atoms with E-state index in [1.54, 1.807) is 0 Å². The van der Waals surface area contributed by atoms with Crippen molar-refractivity contribution in [2.24, 2.45) is 0 Å². The third-order valence-electron chi connectivity index (χ3n) is 3.10. The van der Waals surface area contributed by atoms with Crippen LogP contribution in [0, 0.1) is 0 Å². The van der Waals surface area contributed by atoms with Crippen molar-refractivity contribution < 1.29 is 19.1 Å². The van der Waals surface area contributed by atoms with Gasteiger partial charge >= 0.3 is 12.1 Å². The maximum atomic E-state index is 11.9. The van der Waals surface area contributed by atoms with Gasteiger partial charge in [-0.15, -0.1) is 0 Å². The first-order valence-electron chi connectivity index (χ1n) is 6.53. The number of nitrogens with one attached hydrogen (secondary N) is 1. The average Bonchev–Trinajstić information content (AvgIpc) is 2.53. The molecule has 20 heavy (non-hydrogen) atoms. The number of benzene rings is 1. The van der Waals surface area contributed by atoms with Crippen LogP contribution < -0.4 is 5.43 Å². The number of amides is 1. The molecule has 0 aromatic heterocycles. The highest BCUT2D eigenvalue weighted by molar-refractivity contribution is 5.76. The second-order valence-electron chi connectivity index (χ2n) is 4.54. The normalized spacial score (nSPS) is 18.4. The quantitative estimate of drug-likeness (QED) is 0.848. The number of hydrogen-bond acceptors (Lipinski definition) is 5. The SMILES string of the molecule is COC(=O)[C@H]1CCCN(C(=O)OCc2ccccc2)N1. The Labute approximate surface area is 117 Å².